The highest BCUT2D eigenvalue weighted by atomic mass is 16.5. The molecule has 0 bridgehead atoms. The lowest BCUT2D eigenvalue weighted by atomic mass is 10.2. The minimum Gasteiger partial charge on any atom is -0.490 e. The Morgan fingerprint density at radius 3 is 2.26 bits per heavy atom. The first-order valence-electron chi connectivity index (χ1n) is 8.74. The van der Waals surface area contributed by atoms with E-state index < -0.39 is 5.97 Å². The Morgan fingerprint density at radius 1 is 0.963 bits per heavy atom. The maximum Gasteiger partial charge on any atom is 0.323 e. The van der Waals surface area contributed by atoms with Crippen LogP contribution in [0.1, 0.15) is 13.8 Å². The normalized spacial score (nSPS) is 10.1. The molecule has 7 nitrogen and oxygen atoms in total. The number of carboxylic acid groups (broad SMARTS) is 1. The maximum atomic E-state index is 12.4. The van der Waals surface area contributed by atoms with Crippen LogP contribution in [0.2, 0.25) is 0 Å². The summed E-state index contributed by atoms with van der Waals surface area (Å²) in [5.41, 5.74) is 1.21. The number of nitrogens with zero attached hydrogens (tertiary/aromatic N) is 1. The SMILES string of the molecule is CCOc1ccc(NC(=O)CN(CC(=O)O)c2ccccc2)cc1OCC. The molecule has 7 heteroatoms. The lowest BCUT2D eigenvalue weighted by Crippen LogP contribution is -2.37. The van der Waals surface area contributed by atoms with E-state index >= 15 is 0 Å². The van der Waals surface area contributed by atoms with Gasteiger partial charge in [-0.25, -0.2) is 0 Å². The smallest absolute Gasteiger partial charge is 0.323 e. The maximum absolute atomic E-state index is 12.4. The van der Waals surface area contributed by atoms with Crippen molar-refractivity contribution in [1.82, 2.24) is 0 Å². The molecule has 0 heterocycles. The van der Waals surface area contributed by atoms with Crippen molar-refractivity contribution < 1.29 is 24.2 Å². The molecule has 2 aromatic rings. The second kappa shape index (κ2) is 10.1. The third-order valence-corrected chi connectivity index (χ3v) is 3.61. The summed E-state index contributed by atoms with van der Waals surface area (Å²) in [4.78, 5) is 25.1. The van der Waals surface area contributed by atoms with Gasteiger partial charge in [0.1, 0.15) is 6.54 Å². The van der Waals surface area contributed by atoms with Crippen LogP contribution < -0.4 is 19.7 Å². The number of rotatable bonds is 10. The van der Waals surface area contributed by atoms with E-state index in [9.17, 15) is 9.59 Å². The number of hydrogen-bond donors (Lipinski definition) is 2. The van der Waals surface area contributed by atoms with Gasteiger partial charge in [0.15, 0.2) is 11.5 Å². The van der Waals surface area contributed by atoms with E-state index in [1.807, 2.05) is 19.9 Å². The molecule has 2 aromatic carbocycles. The van der Waals surface area contributed by atoms with Crippen molar-refractivity contribution in [2.24, 2.45) is 0 Å². The molecule has 0 aliphatic heterocycles. The van der Waals surface area contributed by atoms with Crippen LogP contribution in [-0.4, -0.2) is 43.3 Å². The Labute approximate surface area is 158 Å². The lowest BCUT2D eigenvalue weighted by molar-refractivity contribution is -0.135. The Morgan fingerprint density at radius 2 is 1.63 bits per heavy atom. The van der Waals surface area contributed by atoms with Crippen molar-refractivity contribution in [2.75, 3.05) is 36.5 Å². The number of carbonyl (C=O) groups excluding carboxylic acids is 1. The molecule has 0 aliphatic rings. The number of benzene rings is 2. The van der Waals surface area contributed by atoms with Crippen molar-refractivity contribution in [3.8, 4) is 11.5 Å². The molecule has 0 saturated heterocycles. The molecule has 0 radical (unpaired) electrons. The highest BCUT2D eigenvalue weighted by molar-refractivity contribution is 5.95. The predicted molar refractivity (Wildman–Crippen MR) is 104 cm³/mol. The molecule has 2 N–H and O–H groups in total. The zero-order valence-electron chi connectivity index (χ0n) is 15.5. The minimum absolute atomic E-state index is 0.0898. The lowest BCUT2D eigenvalue weighted by Gasteiger charge is -2.22. The predicted octanol–water partition coefficient (Wildman–Crippen LogP) is 3.01. The van der Waals surface area contributed by atoms with Gasteiger partial charge in [0, 0.05) is 17.4 Å². The molecule has 0 aromatic heterocycles. The molecule has 0 saturated carbocycles. The highest BCUT2D eigenvalue weighted by Gasteiger charge is 2.15. The Balaban J connectivity index is 2.10. The fourth-order valence-corrected chi connectivity index (χ4v) is 2.54. The van der Waals surface area contributed by atoms with Crippen molar-refractivity contribution in [2.45, 2.75) is 13.8 Å². The second-order valence-corrected chi connectivity index (χ2v) is 5.66. The molecular weight excluding hydrogens is 348 g/mol. The average Bonchev–Trinajstić information content (AvgIpc) is 2.64. The van der Waals surface area contributed by atoms with E-state index in [1.165, 1.54) is 4.90 Å². The summed E-state index contributed by atoms with van der Waals surface area (Å²) in [5.74, 6) is -0.185. The summed E-state index contributed by atoms with van der Waals surface area (Å²) in [7, 11) is 0. The third kappa shape index (κ3) is 6.22. The first-order valence-corrected chi connectivity index (χ1v) is 8.74. The van der Waals surface area contributed by atoms with Crippen molar-refractivity contribution in [3.63, 3.8) is 0 Å². The van der Waals surface area contributed by atoms with Crippen molar-refractivity contribution in [1.29, 1.82) is 0 Å². The van der Waals surface area contributed by atoms with E-state index in [2.05, 4.69) is 5.32 Å². The number of nitrogens with one attached hydrogen (secondary N) is 1. The standard InChI is InChI=1S/C20H24N2O5/c1-3-26-17-11-10-15(12-18(17)27-4-2)21-19(23)13-22(14-20(24)25)16-8-6-5-7-9-16/h5-12H,3-4,13-14H2,1-2H3,(H,21,23)(H,24,25). The van der Waals surface area contributed by atoms with E-state index in [1.54, 1.807) is 42.5 Å². The second-order valence-electron chi connectivity index (χ2n) is 5.66. The summed E-state index contributed by atoms with van der Waals surface area (Å²) in [5, 5.41) is 11.9. The first kappa shape index (κ1) is 20.1. The van der Waals surface area contributed by atoms with Gasteiger partial charge in [-0.05, 0) is 38.1 Å². The van der Waals surface area contributed by atoms with Crippen molar-refractivity contribution in [3.05, 3.63) is 48.5 Å². The van der Waals surface area contributed by atoms with Crippen LogP contribution in [0.5, 0.6) is 11.5 Å². The molecule has 1 amide bonds. The number of carbonyl (C=O) groups is 2. The summed E-state index contributed by atoms with van der Waals surface area (Å²) in [6.45, 7) is 4.36. The molecule has 0 atom stereocenters. The molecule has 27 heavy (non-hydrogen) atoms. The van der Waals surface area contributed by atoms with Gasteiger partial charge in [0.2, 0.25) is 5.91 Å². The monoisotopic (exact) mass is 372 g/mol. The molecule has 0 spiro atoms. The van der Waals surface area contributed by atoms with Crippen LogP contribution in [0.25, 0.3) is 0 Å². The van der Waals surface area contributed by atoms with Gasteiger partial charge in [0.25, 0.3) is 0 Å². The molecule has 0 fully saturated rings. The van der Waals surface area contributed by atoms with E-state index in [0.717, 1.165) is 0 Å². The quantitative estimate of drug-likeness (QED) is 0.667. The topological polar surface area (TPSA) is 88.1 Å². The van der Waals surface area contributed by atoms with Crippen LogP contribution in [0.4, 0.5) is 11.4 Å². The van der Waals surface area contributed by atoms with Gasteiger partial charge >= 0.3 is 5.97 Å². The molecule has 0 unspecified atom stereocenters. The summed E-state index contributed by atoms with van der Waals surface area (Å²) in [6.07, 6.45) is 0. The van der Waals surface area contributed by atoms with Gasteiger partial charge in [0.05, 0.1) is 19.8 Å². The third-order valence-electron chi connectivity index (χ3n) is 3.61. The number of aliphatic carboxylic acids is 1. The number of anilines is 2. The van der Waals surface area contributed by atoms with Crippen LogP contribution in [0, 0.1) is 0 Å². The Hall–Kier alpha value is -3.22. The number of carboxylic acids is 1. The Kier molecular flexibility index (Phi) is 7.49. The van der Waals surface area contributed by atoms with Crippen LogP contribution in [-0.2, 0) is 9.59 Å². The van der Waals surface area contributed by atoms with Crippen molar-refractivity contribution >= 4 is 23.3 Å². The van der Waals surface area contributed by atoms with Crippen LogP contribution in [0.15, 0.2) is 48.5 Å². The molecule has 2 rings (SSSR count). The fourth-order valence-electron chi connectivity index (χ4n) is 2.54. The van der Waals surface area contributed by atoms with Crippen LogP contribution >= 0.6 is 0 Å². The largest absolute Gasteiger partial charge is 0.490 e. The fraction of sp³-hybridized carbons (Fsp3) is 0.300. The van der Waals surface area contributed by atoms with E-state index in [-0.39, 0.29) is 19.0 Å². The minimum atomic E-state index is -1.01. The summed E-state index contributed by atoms with van der Waals surface area (Å²) < 4.78 is 11.1. The Bertz CT molecular complexity index is 764. The highest BCUT2D eigenvalue weighted by Crippen LogP contribution is 2.30. The van der Waals surface area contributed by atoms with E-state index in [0.29, 0.717) is 36.1 Å². The molecule has 0 aliphatic carbocycles. The number of ether oxygens (including phenoxy) is 2. The van der Waals surface area contributed by atoms with Gasteiger partial charge in [-0.15, -0.1) is 0 Å². The summed E-state index contributed by atoms with van der Waals surface area (Å²) >= 11 is 0. The number of amides is 1. The van der Waals surface area contributed by atoms with E-state index in [4.69, 9.17) is 14.6 Å². The van der Waals surface area contributed by atoms with Crippen LogP contribution in [0.3, 0.4) is 0 Å². The molecular formula is C20H24N2O5. The van der Waals surface area contributed by atoms with Gasteiger partial charge in [-0.3, -0.25) is 9.59 Å². The van der Waals surface area contributed by atoms with Gasteiger partial charge in [-0.2, -0.15) is 0 Å². The molecule has 144 valence electrons. The number of para-hydroxylation sites is 1. The number of hydrogen-bond acceptors (Lipinski definition) is 5. The zero-order chi connectivity index (χ0) is 19.6. The van der Waals surface area contributed by atoms with Gasteiger partial charge in [-0.1, -0.05) is 18.2 Å². The first-order chi connectivity index (χ1) is 13.0. The van der Waals surface area contributed by atoms with Gasteiger partial charge < -0.3 is 24.8 Å². The average molecular weight is 372 g/mol. The summed E-state index contributed by atoms with van der Waals surface area (Å²) in [6, 6.07) is 14.1. The zero-order valence-corrected chi connectivity index (χ0v) is 15.5.